The highest BCUT2D eigenvalue weighted by Crippen LogP contribution is 2.41. The number of carbonyl (C=O) groups is 1. The minimum absolute atomic E-state index is 0.154. The molecule has 4 aromatic rings. The summed E-state index contributed by atoms with van der Waals surface area (Å²) in [6, 6.07) is 27.7. The number of carbonyl (C=O) groups excluding carboxylic acids is 1. The predicted octanol–water partition coefficient (Wildman–Crippen LogP) is 6.78. The number of nitrogens with zero attached hydrogens (tertiary/aromatic N) is 1. The van der Waals surface area contributed by atoms with E-state index < -0.39 is 17.7 Å². The van der Waals surface area contributed by atoms with Gasteiger partial charge < -0.3 is 14.6 Å². The fourth-order valence-corrected chi connectivity index (χ4v) is 5.20. The van der Waals surface area contributed by atoms with Crippen LogP contribution in [0.15, 0.2) is 91.0 Å². The Morgan fingerprint density at radius 3 is 2.23 bits per heavy atom. The molecule has 6 nitrogen and oxygen atoms in total. The molecule has 40 heavy (non-hydrogen) atoms. The van der Waals surface area contributed by atoms with E-state index in [4.69, 9.17) is 25.9 Å². The largest absolute Gasteiger partial charge is 0.497 e. The average molecular weight is 558 g/mol. The molecule has 0 saturated carbocycles. The number of halogens is 1. The number of hydrogen-bond acceptors (Lipinski definition) is 5. The number of methoxy groups -OCH3 is 2. The fraction of sp³-hybridized carbons (Fsp3) is 0.242. The van der Waals surface area contributed by atoms with E-state index in [0.717, 1.165) is 33.4 Å². The van der Waals surface area contributed by atoms with Crippen LogP contribution in [-0.4, -0.2) is 30.3 Å². The maximum absolute atomic E-state index is 13.6. The van der Waals surface area contributed by atoms with Crippen molar-refractivity contribution in [3.8, 4) is 11.5 Å². The first-order valence-electron chi connectivity index (χ1n) is 13.1. The molecule has 1 unspecified atom stereocenters. The Bertz CT molecular complexity index is 1500. The minimum Gasteiger partial charge on any atom is -0.497 e. The van der Waals surface area contributed by atoms with Gasteiger partial charge in [0.2, 0.25) is 0 Å². The van der Waals surface area contributed by atoms with Gasteiger partial charge in [-0.1, -0.05) is 66.2 Å². The van der Waals surface area contributed by atoms with Gasteiger partial charge in [-0.05, 0) is 83.6 Å². The molecule has 1 heterocycles. The number of hydrogen-bond donors (Lipinski definition) is 1. The number of rotatable bonds is 8. The molecule has 2 atom stereocenters. The Morgan fingerprint density at radius 2 is 1.55 bits per heavy atom. The van der Waals surface area contributed by atoms with E-state index in [9.17, 15) is 9.90 Å². The van der Waals surface area contributed by atoms with Crippen molar-refractivity contribution in [2.24, 2.45) is 0 Å². The van der Waals surface area contributed by atoms with Crippen molar-refractivity contribution in [3.05, 3.63) is 129 Å². The van der Waals surface area contributed by atoms with Gasteiger partial charge in [-0.15, -0.1) is 0 Å². The number of hydroxylamine groups is 2. The predicted molar refractivity (Wildman–Crippen MR) is 154 cm³/mol. The summed E-state index contributed by atoms with van der Waals surface area (Å²) in [7, 11) is 3.21. The summed E-state index contributed by atoms with van der Waals surface area (Å²) in [6.07, 6.45) is -0.613. The van der Waals surface area contributed by atoms with E-state index in [-0.39, 0.29) is 12.3 Å². The van der Waals surface area contributed by atoms with Gasteiger partial charge in [0.1, 0.15) is 29.2 Å². The summed E-state index contributed by atoms with van der Waals surface area (Å²) in [5, 5.41) is 13.1. The standard InChI is InChI=1S/C33H32ClNO5/c1-33(2,25-12-8-22(9-13-25)32(37)23-6-5-7-27(18-23)38-3)40-35-30(36)20-24-19-28(39-4)16-17-29(24)31(35)21-10-14-26(34)15-11-21/h5-19,31-32,37H,20H2,1-4H3/t31?,32-/m0/s1. The molecule has 5 rings (SSSR count). The lowest BCUT2D eigenvalue weighted by Crippen LogP contribution is -2.45. The van der Waals surface area contributed by atoms with E-state index in [0.29, 0.717) is 16.5 Å². The molecule has 0 aromatic heterocycles. The van der Waals surface area contributed by atoms with Gasteiger partial charge in [0.05, 0.1) is 20.6 Å². The summed E-state index contributed by atoms with van der Waals surface area (Å²) in [5.74, 6) is 1.23. The van der Waals surface area contributed by atoms with Crippen molar-refractivity contribution in [2.75, 3.05) is 14.2 Å². The first kappa shape index (κ1) is 27.7. The van der Waals surface area contributed by atoms with Crippen molar-refractivity contribution in [1.82, 2.24) is 5.06 Å². The van der Waals surface area contributed by atoms with Gasteiger partial charge in [0.15, 0.2) is 0 Å². The van der Waals surface area contributed by atoms with Gasteiger partial charge in [0.25, 0.3) is 5.91 Å². The highest BCUT2D eigenvalue weighted by molar-refractivity contribution is 6.30. The van der Waals surface area contributed by atoms with Crippen LogP contribution in [0.5, 0.6) is 11.5 Å². The zero-order valence-corrected chi connectivity index (χ0v) is 23.7. The second kappa shape index (κ2) is 11.3. The van der Waals surface area contributed by atoms with Crippen molar-refractivity contribution in [1.29, 1.82) is 0 Å². The van der Waals surface area contributed by atoms with Crippen LogP contribution in [0.1, 0.15) is 59.4 Å². The molecule has 4 aromatic carbocycles. The number of fused-ring (bicyclic) bond motifs is 1. The Labute approximate surface area is 239 Å². The summed E-state index contributed by atoms with van der Waals surface area (Å²) in [5.41, 5.74) is 4.23. The smallest absolute Gasteiger partial charge is 0.251 e. The van der Waals surface area contributed by atoms with Crippen LogP contribution in [0, 0.1) is 0 Å². The maximum Gasteiger partial charge on any atom is 0.251 e. The van der Waals surface area contributed by atoms with Crippen molar-refractivity contribution in [3.63, 3.8) is 0 Å². The number of aliphatic hydroxyl groups excluding tert-OH is 1. The average Bonchev–Trinajstić information content (AvgIpc) is 2.97. The maximum atomic E-state index is 13.6. The Hall–Kier alpha value is -3.84. The van der Waals surface area contributed by atoms with E-state index in [1.165, 1.54) is 5.06 Å². The highest BCUT2D eigenvalue weighted by Gasteiger charge is 2.39. The van der Waals surface area contributed by atoms with Gasteiger partial charge in [0, 0.05) is 5.02 Å². The highest BCUT2D eigenvalue weighted by atomic mass is 35.5. The molecule has 0 bridgehead atoms. The zero-order valence-electron chi connectivity index (χ0n) is 22.9. The van der Waals surface area contributed by atoms with Crippen LogP contribution in [0.4, 0.5) is 0 Å². The third-order valence-corrected chi connectivity index (χ3v) is 7.56. The topological polar surface area (TPSA) is 68.2 Å². The Kier molecular flexibility index (Phi) is 7.86. The lowest BCUT2D eigenvalue weighted by atomic mass is 9.88. The molecule has 7 heteroatoms. The van der Waals surface area contributed by atoms with Gasteiger partial charge >= 0.3 is 0 Å². The number of ether oxygens (including phenoxy) is 2. The van der Waals surface area contributed by atoms with Gasteiger partial charge in [-0.3, -0.25) is 9.63 Å². The Balaban J connectivity index is 1.44. The van der Waals surface area contributed by atoms with Gasteiger partial charge in [-0.25, -0.2) is 5.06 Å². The Morgan fingerprint density at radius 1 is 0.875 bits per heavy atom. The van der Waals surface area contributed by atoms with E-state index in [2.05, 4.69) is 0 Å². The third-order valence-electron chi connectivity index (χ3n) is 7.31. The third kappa shape index (κ3) is 5.56. The zero-order chi connectivity index (χ0) is 28.4. The quantitative estimate of drug-likeness (QED) is 0.259. The molecular formula is C33H32ClNO5. The molecule has 0 spiro atoms. The SMILES string of the molecule is COc1cccc([C@@H](O)c2ccc(C(C)(C)ON3C(=O)Cc4cc(OC)ccc4C3c3ccc(Cl)cc3)cc2)c1. The summed E-state index contributed by atoms with van der Waals surface area (Å²) >= 11 is 6.18. The monoisotopic (exact) mass is 557 g/mol. The van der Waals surface area contributed by atoms with Crippen molar-refractivity contribution >= 4 is 17.5 Å². The first-order chi connectivity index (χ1) is 19.2. The fourth-order valence-electron chi connectivity index (χ4n) is 5.07. The lowest BCUT2D eigenvalue weighted by molar-refractivity contribution is -0.249. The normalized spacial score (nSPS) is 15.9. The van der Waals surface area contributed by atoms with Crippen LogP contribution < -0.4 is 9.47 Å². The molecule has 1 aliphatic rings. The first-order valence-corrected chi connectivity index (χ1v) is 13.4. The molecule has 206 valence electrons. The van der Waals surface area contributed by atoms with Crippen LogP contribution in [0.3, 0.4) is 0 Å². The van der Waals surface area contributed by atoms with E-state index >= 15 is 0 Å². The molecule has 0 saturated heterocycles. The summed E-state index contributed by atoms with van der Waals surface area (Å²) in [6.45, 7) is 3.85. The molecule has 0 fully saturated rings. The second-order valence-corrected chi connectivity index (χ2v) is 10.8. The number of aliphatic hydroxyl groups is 1. The molecule has 1 amide bonds. The van der Waals surface area contributed by atoms with Crippen LogP contribution >= 0.6 is 11.6 Å². The molecule has 0 aliphatic carbocycles. The lowest BCUT2D eigenvalue weighted by Gasteiger charge is -2.41. The summed E-state index contributed by atoms with van der Waals surface area (Å²) < 4.78 is 10.7. The van der Waals surface area contributed by atoms with E-state index in [1.807, 2.05) is 105 Å². The van der Waals surface area contributed by atoms with E-state index in [1.54, 1.807) is 14.2 Å². The van der Waals surface area contributed by atoms with Crippen LogP contribution in [0.2, 0.25) is 5.02 Å². The van der Waals surface area contributed by atoms with Crippen molar-refractivity contribution < 1.29 is 24.2 Å². The van der Waals surface area contributed by atoms with Crippen LogP contribution in [0.25, 0.3) is 0 Å². The molecule has 1 aliphatic heterocycles. The number of benzene rings is 4. The van der Waals surface area contributed by atoms with Crippen LogP contribution in [-0.2, 0) is 21.7 Å². The molecule has 1 N–H and O–H groups in total. The number of amides is 1. The molecule has 0 radical (unpaired) electrons. The van der Waals surface area contributed by atoms with Crippen molar-refractivity contribution in [2.45, 2.75) is 38.0 Å². The van der Waals surface area contributed by atoms with Gasteiger partial charge in [-0.2, -0.15) is 0 Å². The molecular weight excluding hydrogens is 526 g/mol. The second-order valence-electron chi connectivity index (χ2n) is 10.3. The minimum atomic E-state index is -0.857. The summed E-state index contributed by atoms with van der Waals surface area (Å²) in [4.78, 5) is 20.1.